The highest BCUT2D eigenvalue weighted by atomic mass is 32.2. The molecule has 4 rings (SSSR count). The van der Waals surface area contributed by atoms with Gasteiger partial charge in [-0.2, -0.15) is 9.40 Å². The van der Waals surface area contributed by atoms with Crippen LogP contribution in [-0.2, 0) is 32.8 Å². The largest absolute Gasteiger partial charge is 0.264 e. The Morgan fingerprint density at radius 2 is 2.04 bits per heavy atom. The van der Waals surface area contributed by atoms with Gasteiger partial charge in [0.25, 0.3) is 0 Å². The summed E-state index contributed by atoms with van der Waals surface area (Å²) in [5, 5.41) is 3.63. The Balaban J connectivity index is 1.52. The summed E-state index contributed by atoms with van der Waals surface area (Å²) < 4.78 is 52.0. The lowest BCUT2D eigenvalue weighted by molar-refractivity contribution is 0.403. The topological polar surface area (TPSA) is 115 Å². The van der Waals surface area contributed by atoms with Crippen LogP contribution in [-0.4, -0.2) is 70.7 Å². The number of hydrogen-bond acceptors (Lipinski definition) is 7. The van der Waals surface area contributed by atoms with Crippen LogP contribution in [0.5, 0.6) is 0 Å². The number of aromatic nitrogens is 4. The summed E-state index contributed by atoms with van der Waals surface area (Å²) in [7, 11) is -6.89. The quantitative estimate of drug-likeness (QED) is 0.699. The van der Waals surface area contributed by atoms with Gasteiger partial charge in [0, 0.05) is 37.5 Å². The predicted octanol–water partition coefficient (Wildman–Crippen LogP) is -0.285. The summed E-state index contributed by atoms with van der Waals surface area (Å²) in [6, 6.07) is 3.69. The summed E-state index contributed by atoms with van der Waals surface area (Å²) in [5.74, 6) is 0.967. The predicted molar refractivity (Wildman–Crippen MR) is 94.5 cm³/mol. The number of rotatable bonds is 3. The Morgan fingerprint density at radius 3 is 2.73 bits per heavy atom. The Hall–Kier alpha value is -1.85. The molecule has 11 heteroatoms. The number of sulfonamides is 1. The minimum Gasteiger partial charge on any atom is -0.264 e. The van der Waals surface area contributed by atoms with Gasteiger partial charge in [0.05, 0.1) is 23.3 Å². The van der Waals surface area contributed by atoms with E-state index in [-0.39, 0.29) is 31.0 Å². The van der Waals surface area contributed by atoms with Gasteiger partial charge in [-0.25, -0.2) is 26.5 Å². The number of fused-ring (bicyclic) bond motifs is 1. The molecule has 1 saturated heterocycles. The van der Waals surface area contributed by atoms with E-state index in [1.165, 1.54) is 4.31 Å². The third-order valence-corrected chi connectivity index (χ3v) is 9.09. The van der Waals surface area contributed by atoms with Crippen LogP contribution >= 0.6 is 0 Å². The van der Waals surface area contributed by atoms with Crippen molar-refractivity contribution in [3.63, 3.8) is 0 Å². The van der Waals surface area contributed by atoms with Crippen LogP contribution in [0.3, 0.4) is 0 Å². The van der Waals surface area contributed by atoms with E-state index in [4.69, 9.17) is 0 Å². The molecule has 0 N–H and O–H groups in total. The fourth-order valence-electron chi connectivity index (χ4n) is 3.36. The van der Waals surface area contributed by atoms with Crippen molar-refractivity contribution in [3.05, 3.63) is 30.4 Å². The highest BCUT2D eigenvalue weighted by molar-refractivity contribution is 7.95. The van der Waals surface area contributed by atoms with Gasteiger partial charge in [-0.1, -0.05) is 0 Å². The van der Waals surface area contributed by atoms with Gasteiger partial charge < -0.3 is 0 Å². The van der Waals surface area contributed by atoms with Gasteiger partial charge in [0.2, 0.25) is 10.0 Å². The van der Waals surface area contributed by atoms with Gasteiger partial charge in [-0.15, -0.1) is 0 Å². The molecule has 9 nitrogen and oxygen atoms in total. The first kappa shape index (κ1) is 17.6. The van der Waals surface area contributed by atoms with Gasteiger partial charge in [0.1, 0.15) is 5.82 Å². The molecule has 2 aliphatic rings. The zero-order valence-corrected chi connectivity index (χ0v) is 15.7. The van der Waals surface area contributed by atoms with Gasteiger partial charge in [0.15, 0.2) is 15.7 Å². The Kier molecular flexibility index (Phi) is 4.32. The van der Waals surface area contributed by atoms with E-state index in [0.717, 1.165) is 11.4 Å². The molecule has 0 amide bonds. The summed E-state index contributed by atoms with van der Waals surface area (Å²) in [6.45, 7) is 0.938. The zero-order chi connectivity index (χ0) is 18.4. The first-order valence-corrected chi connectivity index (χ1v) is 11.7. The molecule has 140 valence electrons. The minimum absolute atomic E-state index is 0.0532. The number of pyridine rings is 1. The first-order chi connectivity index (χ1) is 12.4. The molecular weight excluding hydrogens is 378 g/mol. The molecule has 4 heterocycles. The second-order valence-electron chi connectivity index (χ2n) is 6.54. The van der Waals surface area contributed by atoms with Crippen molar-refractivity contribution in [1.29, 1.82) is 0 Å². The average Bonchev–Trinajstić information content (AvgIpc) is 3.13. The molecule has 0 aromatic carbocycles. The van der Waals surface area contributed by atoms with Crippen LogP contribution in [0.25, 0.3) is 11.4 Å². The van der Waals surface area contributed by atoms with E-state index in [2.05, 4.69) is 15.1 Å². The molecule has 1 fully saturated rings. The van der Waals surface area contributed by atoms with Crippen molar-refractivity contribution in [2.75, 3.05) is 24.6 Å². The Labute approximate surface area is 152 Å². The average molecular weight is 397 g/mol. The summed E-state index contributed by atoms with van der Waals surface area (Å²) in [4.78, 5) is 8.57. The van der Waals surface area contributed by atoms with Crippen LogP contribution < -0.4 is 0 Å². The fraction of sp³-hybridized carbons (Fsp3) is 0.533. The van der Waals surface area contributed by atoms with Crippen molar-refractivity contribution in [2.24, 2.45) is 0 Å². The minimum atomic E-state index is -3.64. The smallest absolute Gasteiger partial charge is 0.218 e. The monoisotopic (exact) mass is 397 g/mol. The van der Waals surface area contributed by atoms with E-state index < -0.39 is 25.1 Å². The van der Waals surface area contributed by atoms with E-state index in [1.54, 1.807) is 17.1 Å². The Bertz CT molecular complexity index is 992. The molecule has 0 bridgehead atoms. The molecule has 1 atom stereocenters. The second-order valence-corrected chi connectivity index (χ2v) is 11.0. The van der Waals surface area contributed by atoms with Crippen molar-refractivity contribution in [3.8, 4) is 11.4 Å². The highest BCUT2D eigenvalue weighted by Gasteiger charge is 2.40. The standard InChI is InChI=1S/C15H19N5O4S2/c21-25(22)9-4-13(11-25)26(23,24)19-6-3-14-17-15(18-20(14)8-7-19)12-2-1-5-16-10-12/h1-2,5,10,13H,3-4,6-9,11H2. The molecular formula is C15H19N5O4S2. The maximum absolute atomic E-state index is 12.8. The van der Waals surface area contributed by atoms with Gasteiger partial charge in [-0.05, 0) is 18.6 Å². The van der Waals surface area contributed by atoms with Crippen molar-refractivity contribution < 1.29 is 16.8 Å². The maximum atomic E-state index is 12.8. The first-order valence-electron chi connectivity index (χ1n) is 8.39. The lowest BCUT2D eigenvalue weighted by atomic mass is 10.3. The van der Waals surface area contributed by atoms with Gasteiger partial charge >= 0.3 is 0 Å². The van der Waals surface area contributed by atoms with Crippen molar-refractivity contribution in [1.82, 2.24) is 24.1 Å². The lowest BCUT2D eigenvalue weighted by Crippen LogP contribution is -2.41. The number of sulfone groups is 1. The van der Waals surface area contributed by atoms with Gasteiger partial charge in [-0.3, -0.25) is 4.98 Å². The third-order valence-electron chi connectivity index (χ3n) is 4.79. The van der Waals surface area contributed by atoms with Crippen LogP contribution in [0.15, 0.2) is 24.5 Å². The van der Waals surface area contributed by atoms with Crippen LogP contribution in [0, 0.1) is 0 Å². The SMILES string of the molecule is O=S1(=O)CCC(S(=O)(=O)N2CCc3nc(-c4cccnc4)nn3CC2)C1. The summed E-state index contributed by atoms with van der Waals surface area (Å²) >= 11 is 0. The molecule has 2 aliphatic heterocycles. The van der Waals surface area contributed by atoms with Crippen LogP contribution in [0.2, 0.25) is 0 Å². The molecule has 0 saturated carbocycles. The molecule has 0 radical (unpaired) electrons. The zero-order valence-electron chi connectivity index (χ0n) is 14.0. The van der Waals surface area contributed by atoms with Crippen LogP contribution in [0.1, 0.15) is 12.2 Å². The molecule has 0 spiro atoms. The van der Waals surface area contributed by atoms with Crippen molar-refractivity contribution >= 4 is 19.9 Å². The lowest BCUT2D eigenvalue weighted by Gasteiger charge is -2.22. The normalized spacial score (nSPS) is 23.5. The summed E-state index contributed by atoms with van der Waals surface area (Å²) in [6.07, 6.45) is 3.98. The van der Waals surface area contributed by atoms with E-state index >= 15 is 0 Å². The van der Waals surface area contributed by atoms with E-state index in [1.807, 2.05) is 12.1 Å². The second kappa shape index (κ2) is 6.39. The molecule has 1 unspecified atom stereocenters. The summed E-state index contributed by atoms with van der Waals surface area (Å²) in [5.41, 5.74) is 0.814. The van der Waals surface area contributed by atoms with Crippen molar-refractivity contribution in [2.45, 2.75) is 24.6 Å². The van der Waals surface area contributed by atoms with E-state index in [0.29, 0.717) is 18.8 Å². The van der Waals surface area contributed by atoms with Crippen LogP contribution in [0.4, 0.5) is 0 Å². The number of hydrogen-bond donors (Lipinski definition) is 0. The Morgan fingerprint density at radius 1 is 1.19 bits per heavy atom. The molecule has 2 aromatic rings. The number of nitrogens with zero attached hydrogens (tertiary/aromatic N) is 5. The fourth-order valence-corrected chi connectivity index (χ4v) is 7.88. The third kappa shape index (κ3) is 3.26. The molecule has 0 aliphatic carbocycles. The van der Waals surface area contributed by atoms with E-state index in [9.17, 15) is 16.8 Å². The molecule has 2 aromatic heterocycles. The highest BCUT2D eigenvalue weighted by Crippen LogP contribution is 2.24. The maximum Gasteiger partial charge on any atom is 0.218 e. The molecule has 26 heavy (non-hydrogen) atoms.